The van der Waals surface area contributed by atoms with Gasteiger partial charge in [-0.2, -0.15) is 0 Å². The Balaban J connectivity index is 2.01. The van der Waals surface area contributed by atoms with Crippen LogP contribution < -0.4 is 5.32 Å². The largest absolute Gasteiger partial charge is 0.381 e. The van der Waals surface area contributed by atoms with Crippen LogP contribution in [-0.4, -0.2) is 28.8 Å². The number of hydrogen-bond acceptors (Lipinski definition) is 3. The van der Waals surface area contributed by atoms with E-state index in [4.69, 9.17) is 4.74 Å². The SMILES string of the molecule is CCCn1cc(C)nc1NC(C)C1CCOC1. The first kappa shape index (κ1) is 12.4. The Hall–Kier alpha value is -1.03. The number of anilines is 1. The van der Waals surface area contributed by atoms with E-state index in [0.29, 0.717) is 12.0 Å². The Labute approximate surface area is 103 Å². The van der Waals surface area contributed by atoms with Crippen molar-refractivity contribution in [2.75, 3.05) is 18.5 Å². The Bertz CT molecular complexity index is 356. The minimum absolute atomic E-state index is 0.426. The van der Waals surface area contributed by atoms with Crippen LogP contribution in [0.25, 0.3) is 0 Å². The second kappa shape index (κ2) is 5.54. The third kappa shape index (κ3) is 3.00. The molecule has 2 rings (SSSR count). The highest BCUT2D eigenvalue weighted by molar-refractivity contribution is 5.30. The van der Waals surface area contributed by atoms with Crippen LogP contribution in [0.5, 0.6) is 0 Å². The maximum Gasteiger partial charge on any atom is 0.203 e. The lowest BCUT2D eigenvalue weighted by molar-refractivity contribution is 0.183. The smallest absolute Gasteiger partial charge is 0.203 e. The molecule has 4 nitrogen and oxygen atoms in total. The van der Waals surface area contributed by atoms with Crippen LogP contribution in [0, 0.1) is 12.8 Å². The lowest BCUT2D eigenvalue weighted by atomic mass is 10.0. The Morgan fingerprint density at radius 2 is 2.47 bits per heavy atom. The minimum atomic E-state index is 0.426. The van der Waals surface area contributed by atoms with E-state index in [0.717, 1.165) is 44.2 Å². The molecule has 1 N–H and O–H groups in total. The summed E-state index contributed by atoms with van der Waals surface area (Å²) in [5, 5.41) is 3.53. The van der Waals surface area contributed by atoms with Crippen LogP contribution in [0.3, 0.4) is 0 Å². The van der Waals surface area contributed by atoms with Crippen molar-refractivity contribution >= 4 is 5.95 Å². The van der Waals surface area contributed by atoms with Crippen LogP contribution in [-0.2, 0) is 11.3 Å². The van der Waals surface area contributed by atoms with Gasteiger partial charge in [0.15, 0.2) is 0 Å². The molecule has 1 aromatic rings. The van der Waals surface area contributed by atoms with Gasteiger partial charge in [0, 0.05) is 31.3 Å². The first-order chi connectivity index (χ1) is 8.20. The molecule has 2 atom stereocenters. The molecule has 1 aromatic heterocycles. The van der Waals surface area contributed by atoms with Gasteiger partial charge in [0.1, 0.15) is 0 Å². The molecule has 4 heteroatoms. The fourth-order valence-electron chi connectivity index (χ4n) is 2.34. The van der Waals surface area contributed by atoms with Crippen molar-refractivity contribution in [1.82, 2.24) is 9.55 Å². The standard InChI is InChI=1S/C13H23N3O/c1-4-6-16-8-10(2)14-13(16)15-11(3)12-5-7-17-9-12/h8,11-12H,4-7,9H2,1-3H3,(H,14,15). The monoisotopic (exact) mass is 237 g/mol. The summed E-state index contributed by atoms with van der Waals surface area (Å²) >= 11 is 0. The average Bonchev–Trinajstić information content (AvgIpc) is 2.89. The fourth-order valence-corrected chi connectivity index (χ4v) is 2.34. The molecule has 1 aliphatic heterocycles. The number of hydrogen-bond donors (Lipinski definition) is 1. The van der Waals surface area contributed by atoms with Gasteiger partial charge in [-0.25, -0.2) is 4.98 Å². The van der Waals surface area contributed by atoms with Gasteiger partial charge in [0.2, 0.25) is 5.95 Å². The van der Waals surface area contributed by atoms with E-state index in [2.05, 4.69) is 34.9 Å². The molecule has 0 aromatic carbocycles. The van der Waals surface area contributed by atoms with Crippen LogP contribution in [0.15, 0.2) is 6.20 Å². The molecule has 17 heavy (non-hydrogen) atoms. The Kier molecular flexibility index (Phi) is 4.05. The van der Waals surface area contributed by atoms with Gasteiger partial charge in [-0.1, -0.05) is 6.92 Å². The van der Waals surface area contributed by atoms with Gasteiger partial charge in [0.05, 0.1) is 12.3 Å². The maximum atomic E-state index is 5.43. The van der Waals surface area contributed by atoms with E-state index in [-0.39, 0.29) is 0 Å². The van der Waals surface area contributed by atoms with Gasteiger partial charge < -0.3 is 14.6 Å². The zero-order chi connectivity index (χ0) is 12.3. The molecule has 0 bridgehead atoms. The van der Waals surface area contributed by atoms with Crippen LogP contribution in [0.4, 0.5) is 5.95 Å². The van der Waals surface area contributed by atoms with E-state index in [9.17, 15) is 0 Å². The van der Waals surface area contributed by atoms with Crippen molar-refractivity contribution in [3.63, 3.8) is 0 Å². The van der Waals surface area contributed by atoms with E-state index in [1.807, 2.05) is 6.92 Å². The van der Waals surface area contributed by atoms with E-state index < -0.39 is 0 Å². The highest BCUT2D eigenvalue weighted by Gasteiger charge is 2.23. The molecule has 2 heterocycles. The summed E-state index contributed by atoms with van der Waals surface area (Å²) in [6.07, 6.45) is 4.40. The summed E-state index contributed by atoms with van der Waals surface area (Å²) in [4.78, 5) is 4.55. The van der Waals surface area contributed by atoms with E-state index >= 15 is 0 Å². The van der Waals surface area contributed by atoms with E-state index in [1.165, 1.54) is 0 Å². The zero-order valence-electron chi connectivity index (χ0n) is 11.1. The Morgan fingerprint density at radius 1 is 1.65 bits per heavy atom. The predicted octanol–water partition coefficient (Wildman–Crippen LogP) is 2.44. The minimum Gasteiger partial charge on any atom is -0.381 e. The highest BCUT2D eigenvalue weighted by Crippen LogP contribution is 2.20. The van der Waals surface area contributed by atoms with Crippen molar-refractivity contribution in [1.29, 1.82) is 0 Å². The number of ether oxygens (including phenoxy) is 1. The number of nitrogens with zero attached hydrogens (tertiary/aromatic N) is 2. The lowest BCUT2D eigenvalue weighted by Gasteiger charge is -2.20. The number of nitrogens with one attached hydrogen (secondary N) is 1. The molecule has 0 radical (unpaired) electrons. The molecular weight excluding hydrogens is 214 g/mol. The first-order valence-corrected chi connectivity index (χ1v) is 6.58. The summed E-state index contributed by atoms with van der Waals surface area (Å²) in [6.45, 7) is 9.26. The number of aryl methyl sites for hydroxylation is 2. The molecule has 0 amide bonds. The molecule has 1 aliphatic rings. The topological polar surface area (TPSA) is 39.1 Å². The fraction of sp³-hybridized carbons (Fsp3) is 0.769. The summed E-state index contributed by atoms with van der Waals surface area (Å²) in [5.74, 6) is 1.62. The number of aromatic nitrogens is 2. The molecule has 2 unspecified atom stereocenters. The normalized spacial score (nSPS) is 21.7. The third-order valence-corrected chi connectivity index (χ3v) is 3.39. The van der Waals surface area contributed by atoms with Crippen molar-refractivity contribution in [2.24, 2.45) is 5.92 Å². The average molecular weight is 237 g/mol. The van der Waals surface area contributed by atoms with Crippen LogP contribution in [0.1, 0.15) is 32.4 Å². The molecule has 0 aliphatic carbocycles. The van der Waals surface area contributed by atoms with Gasteiger partial charge in [0.25, 0.3) is 0 Å². The second-order valence-corrected chi connectivity index (χ2v) is 4.96. The molecule has 0 saturated carbocycles. The summed E-state index contributed by atoms with van der Waals surface area (Å²) in [7, 11) is 0. The van der Waals surface area contributed by atoms with Gasteiger partial charge in [-0.15, -0.1) is 0 Å². The third-order valence-electron chi connectivity index (χ3n) is 3.39. The molecular formula is C13H23N3O. The molecule has 1 fully saturated rings. The zero-order valence-corrected chi connectivity index (χ0v) is 11.1. The molecule has 96 valence electrons. The number of imidazole rings is 1. The van der Waals surface area contributed by atoms with Gasteiger partial charge in [-0.05, 0) is 26.7 Å². The van der Waals surface area contributed by atoms with E-state index in [1.54, 1.807) is 0 Å². The maximum absolute atomic E-state index is 5.43. The molecule has 1 saturated heterocycles. The van der Waals surface area contributed by atoms with Crippen molar-refractivity contribution in [3.05, 3.63) is 11.9 Å². The first-order valence-electron chi connectivity index (χ1n) is 6.58. The van der Waals surface area contributed by atoms with Crippen molar-refractivity contribution < 1.29 is 4.74 Å². The van der Waals surface area contributed by atoms with Gasteiger partial charge in [-0.3, -0.25) is 0 Å². The van der Waals surface area contributed by atoms with Crippen LogP contribution in [0.2, 0.25) is 0 Å². The van der Waals surface area contributed by atoms with Crippen molar-refractivity contribution in [3.8, 4) is 0 Å². The highest BCUT2D eigenvalue weighted by atomic mass is 16.5. The van der Waals surface area contributed by atoms with Gasteiger partial charge >= 0.3 is 0 Å². The summed E-state index contributed by atoms with van der Waals surface area (Å²) in [6, 6.07) is 0.426. The quantitative estimate of drug-likeness (QED) is 0.855. The summed E-state index contributed by atoms with van der Waals surface area (Å²) < 4.78 is 7.64. The predicted molar refractivity (Wildman–Crippen MR) is 69.3 cm³/mol. The molecule has 0 spiro atoms. The Morgan fingerprint density at radius 3 is 3.12 bits per heavy atom. The van der Waals surface area contributed by atoms with Crippen LogP contribution >= 0.6 is 0 Å². The van der Waals surface area contributed by atoms with Crippen molar-refractivity contribution in [2.45, 2.75) is 46.2 Å². The second-order valence-electron chi connectivity index (χ2n) is 4.96. The lowest BCUT2D eigenvalue weighted by Crippen LogP contribution is -2.27. The number of rotatable bonds is 5. The summed E-state index contributed by atoms with van der Waals surface area (Å²) in [5.41, 5.74) is 1.08.